The van der Waals surface area contributed by atoms with Crippen molar-refractivity contribution in [1.29, 1.82) is 5.26 Å². The first kappa shape index (κ1) is 27.1. The topological polar surface area (TPSA) is 125 Å². The summed E-state index contributed by atoms with van der Waals surface area (Å²) in [6.45, 7) is 0. The average molecular weight is 602 g/mol. The number of anilines is 2. The number of hydrogen-bond acceptors (Lipinski definition) is 9. The number of allylic oxidation sites excluding steroid dienone is 3. The van der Waals surface area contributed by atoms with E-state index in [1.54, 1.807) is 29.2 Å². The van der Waals surface area contributed by atoms with E-state index in [0.717, 1.165) is 0 Å². The molecule has 0 fully saturated rings. The molecule has 2 heterocycles. The van der Waals surface area contributed by atoms with Gasteiger partial charge in [-0.3, -0.25) is 14.5 Å². The number of nitriles is 1. The minimum absolute atomic E-state index is 0.0431. The normalized spacial score (nSPS) is 17.2. The quantitative estimate of drug-likeness (QED) is 0.329. The van der Waals surface area contributed by atoms with Gasteiger partial charge in [0.25, 0.3) is 0 Å². The minimum atomic E-state index is -0.695. The summed E-state index contributed by atoms with van der Waals surface area (Å²) < 4.78 is 14.1. The molecule has 198 valence electrons. The lowest BCUT2D eigenvalue weighted by molar-refractivity contribution is -0.116. The SMILES string of the molecule is N#CC1=C(N)N(c2nnc(SCC(=O)Nc3ccc(Cl)cc3Cl)s2)C2=C(C(=O)CCC2)C1c1ccc(F)cc1. The molecule has 1 aliphatic carbocycles. The fourth-order valence-electron chi connectivity index (χ4n) is 4.55. The molecule has 0 radical (unpaired) electrons. The third kappa shape index (κ3) is 5.51. The van der Waals surface area contributed by atoms with Crippen molar-refractivity contribution in [2.45, 2.75) is 29.5 Å². The van der Waals surface area contributed by atoms with Gasteiger partial charge in [-0.1, -0.05) is 58.4 Å². The number of nitrogens with zero attached hydrogens (tertiary/aromatic N) is 4. The maximum Gasteiger partial charge on any atom is 0.234 e. The number of hydrogen-bond donors (Lipinski definition) is 2. The van der Waals surface area contributed by atoms with Gasteiger partial charge in [0.2, 0.25) is 11.0 Å². The van der Waals surface area contributed by atoms with E-state index in [4.69, 9.17) is 28.9 Å². The summed E-state index contributed by atoms with van der Waals surface area (Å²) in [5, 5.41) is 22.4. The number of benzene rings is 2. The maximum absolute atomic E-state index is 13.6. The van der Waals surface area contributed by atoms with E-state index in [2.05, 4.69) is 21.6 Å². The number of rotatable bonds is 6. The Kier molecular flexibility index (Phi) is 7.91. The molecule has 39 heavy (non-hydrogen) atoms. The molecule has 1 atom stereocenters. The van der Waals surface area contributed by atoms with Crippen molar-refractivity contribution in [3.63, 3.8) is 0 Å². The Morgan fingerprint density at radius 1 is 1.23 bits per heavy atom. The van der Waals surface area contributed by atoms with Crippen molar-refractivity contribution >= 4 is 68.8 Å². The van der Waals surface area contributed by atoms with E-state index in [0.29, 0.717) is 61.3 Å². The average Bonchev–Trinajstić information content (AvgIpc) is 3.37. The lowest BCUT2D eigenvalue weighted by Gasteiger charge is -2.38. The Labute approximate surface area is 241 Å². The molecule has 1 aliphatic heterocycles. The number of nitrogens with two attached hydrogens (primary N) is 1. The van der Waals surface area contributed by atoms with Crippen molar-refractivity contribution in [1.82, 2.24) is 10.2 Å². The molecule has 5 rings (SSSR count). The highest BCUT2D eigenvalue weighted by Crippen LogP contribution is 2.47. The first-order valence-corrected chi connectivity index (χ1v) is 14.3. The van der Waals surface area contributed by atoms with Gasteiger partial charge in [0.1, 0.15) is 11.6 Å². The Bertz CT molecular complexity index is 1580. The lowest BCUT2D eigenvalue weighted by Crippen LogP contribution is -2.38. The number of carbonyl (C=O) groups is 2. The molecule has 2 aliphatic rings. The maximum atomic E-state index is 13.6. The molecule has 0 bridgehead atoms. The molecular formula is C26H19Cl2FN6O2S2. The zero-order valence-electron chi connectivity index (χ0n) is 20.1. The van der Waals surface area contributed by atoms with Crippen molar-refractivity contribution < 1.29 is 14.0 Å². The summed E-state index contributed by atoms with van der Waals surface area (Å²) in [7, 11) is 0. The molecule has 3 aromatic rings. The van der Waals surface area contributed by atoms with E-state index in [1.165, 1.54) is 41.3 Å². The van der Waals surface area contributed by atoms with E-state index >= 15 is 0 Å². The summed E-state index contributed by atoms with van der Waals surface area (Å²) >= 11 is 14.4. The molecule has 13 heteroatoms. The van der Waals surface area contributed by atoms with Crippen LogP contribution in [0.25, 0.3) is 0 Å². The van der Waals surface area contributed by atoms with Gasteiger partial charge >= 0.3 is 0 Å². The van der Waals surface area contributed by atoms with E-state index in [-0.39, 0.29) is 28.8 Å². The summed E-state index contributed by atoms with van der Waals surface area (Å²) in [4.78, 5) is 27.3. The summed E-state index contributed by atoms with van der Waals surface area (Å²) in [5.74, 6) is -1.31. The zero-order chi connectivity index (χ0) is 27.7. The number of Topliss-reactive ketones (excluding diaryl/α,β-unsaturated/α-hetero) is 1. The number of aromatic nitrogens is 2. The Morgan fingerprint density at radius 2 is 2.00 bits per heavy atom. The zero-order valence-corrected chi connectivity index (χ0v) is 23.2. The monoisotopic (exact) mass is 600 g/mol. The van der Waals surface area contributed by atoms with Crippen LogP contribution in [0.4, 0.5) is 15.2 Å². The van der Waals surface area contributed by atoms with Crippen LogP contribution in [0.3, 0.4) is 0 Å². The highest BCUT2D eigenvalue weighted by molar-refractivity contribution is 8.01. The molecular weight excluding hydrogens is 582 g/mol. The smallest absolute Gasteiger partial charge is 0.234 e. The number of halogens is 3. The van der Waals surface area contributed by atoms with E-state index < -0.39 is 11.7 Å². The molecule has 0 saturated heterocycles. The second-order valence-electron chi connectivity index (χ2n) is 8.68. The lowest BCUT2D eigenvalue weighted by atomic mass is 9.76. The molecule has 0 saturated carbocycles. The van der Waals surface area contributed by atoms with Crippen LogP contribution in [0.2, 0.25) is 10.0 Å². The van der Waals surface area contributed by atoms with Gasteiger partial charge in [-0.25, -0.2) is 4.39 Å². The Morgan fingerprint density at radius 3 is 2.72 bits per heavy atom. The largest absolute Gasteiger partial charge is 0.384 e. The van der Waals surface area contributed by atoms with Crippen LogP contribution >= 0.6 is 46.3 Å². The van der Waals surface area contributed by atoms with Crippen molar-refractivity contribution in [3.05, 3.63) is 86.6 Å². The first-order valence-electron chi connectivity index (χ1n) is 11.7. The molecule has 3 N–H and O–H groups in total. The van der Waals surface area contributed by atoms with Crippen LogP contribution in [-0.2, 0) is 9.59 Å². The Hall–Kier alpha value is -3.43. The standard InChI is InChI=1S/C26H19Cl2FN6O2S2/c27-14-6-9-18(17(28)10-14)32-21(37)12-38-26-34-33-25(39-26)35-19-2-1-3-20(36)23(19)22(16(11-30)24(35)31)13-4-7-15(29)8-5-13/h4-10,22H,1-3,12,31H2,(H,32,37). The molecule has 0 spiro atoms. The third-order valence-corrected chi connectivity index (χ3v) is 8.83. The van der Waals surface area contributed by atoms with Gasteiger partial charge in [0, 0.05) is 22.7 Å². The summed E-state index contributed by atoms with van der Waals surface area (Å²) in [5.41, 5.74) is 8.87. The predicted octanol–water partition coefficient (Wildman–Crippen LogP) is 6.02. The number of thioether (sulfide) groups is 1. The van der Waals surface area contributed by atoms with Crippen LogP contribution in [0.1, 0.15) is 30.7 Å². The molecule has 1 aromatic heterocycles. The second-order valence-corrected chi connectivity index (χ2v) is 11.7. The summed E-state index contributed by atoms with van der Waals surface area (Å²) in [6.07, 6.45) is 1.50. The van der Waals surface area contributed by atoms with Crippen LogP contribution in [-0.4, -0.2) is 27.6 Å². The summed E-state index contributed by atoms with van der Waals surface area (Å²) in [6, 6.07) is 12.7. The number of nitrogens with one attached hydrogen (secondary N) is 1. The fraction of sp³-hybridized carbons (Fsp3) is 0.192. The number of amides is 1. The van der Waals surface area contributed by atoms with Gasteiger partial charge in [0.05, 0.1) is 34.0 Å². The van der Waals surface area contributed by atoms with Crippen LogP contribution in [0, 0.1) is 17.1 Å². The Balaban J connectivity index is 1.41. The molecule has 8 nitrogen and oxygen atoms in total. The first-order chi connectivity index (χ1) is 18.8. The van der Waals surface area contributed by atoms with Crippen molar-refractivity contribution in [3.8, 4) is 6.07 Å². The highest BCUT2D eigenvalue weighted by Gasteiger charge is 2.41. The third-order valence-electron chi connectivity index (χ3n) is 6.24. The molecule has 1 unspecified atom stereocenters. The van der Waals surface area contributed by atoms with Crippen molar-refractivity contribution in [2.75, 3.05) is 16.0 Å². The highest BCUT2D eigenvalue weighted by atomic mass is 35.5. The predicted molar refractivity (Wildman–Crippen MR) is 150 cm³/mol. The van der Waals surface area contributed by atoms with Crippen molar-refractivity contribution in [2.24, 2.45) is 5.73 Å². The van der Waals surface area contributed by atoms with E-state index in [9.17, 15) is 19.2 Å². The van der Waals surface area contributed by atoms with Gasteiger partial charge in [-0.15, -0.1) is 10.2 Å². The van der Waals surface area contributed by atoms with Gasteiger partial charge < -0.3 is 11.1 Å². The van der Waals surface area contributed by atoms with Crippen LogP contribution in [0.5, 0.6) is 0 Å². The van der Waals surface area contributed by atoms with Crippen LogP contribution in [0.15, 0.2) is 69.5 Å². The van der Waals surface area contributed by atoms with Gasteiger partial charge in [-0.05, 0) is 48.7 Å². The minimum Gasteiger partial charge on any atom is -0.384 e. The van der Waals surface area contributed by atoms with Gasteiger partial charge in [-0.2, -0.15) is 5.26 Å². The number of carbonyl (C=O) groups excluding carboxylic acids is 2. The van der Waals surface area contributed by atoms with E-state index in [1.807, 2.05) is 0 Å². The second kappa shape index (κ2) is 11.4. The molecule has 2 aromatic carbocycles. The molecule has 1 amide bonds. The number of ketones is 1. The fourth-order valence-corrected chi connectivity index (χ4v) is 6.69. The van der Waals surface area contributed by atoms with Crippen LogP contribution < -0.4 is 16.0 Å². The van der Waals surface area contributed by atoms with Gasteiger partial charge in [0.15, 0.2) is 10.1 Å².